The molecule has 1 aliphatic heterocycles. The molecule has 1 aromatic rings. The summed E-state index contributed by atoms with van der Waals surface area (Å²) in [6.07, 6.45) is 3.51. The molecule has 0 spiro atoms. The van der Waals surface area contributed by atoms with Gasteiger partial charge in [-0.2, -0.15) is 0 Å². The highest BCUT2D eigenvalue weighted by atomic mass is 127. The van der Waals surface area contributed by atoms with E-state index in [1.807, 2.05) is 17.0 Å². The zero-order chi connectivity index (χ0) is 13.1. The summed E-state index contributed by atoms with van der Waals surface area (Å²) in [7, 11) is 0. The number of halogens is 1. The molecule has 0 bridgehead atoms. The van der Waals surface area contributed by atoms with Gasteiger partial charge in [-0.1, -0.05) is 19.1 Å². The molecule has 1 aliphatic rings. The van der Waals surface area contributed by atoms with Crippen LogP contribution in [0.15, 0.2) is 18.2 Å². The summed E-state index contributed by atoms with van der Waals surface area (Å²) < 4.78 is 1.09. The van der Waals surface area contributed by atoms with Crippen molar-refractivity contribution in [3.05, 3.63) is 32.9 Å². The highest BCUT2D eigenvalue weighted by Gasteiger charge is 2.21. The van der Waals surface area contributed by atoms with E-state index >= 15 is 0 Å². The predicted octanol–water partition coefficient (Wildman–Crippen LogP) is 3.86. The van der Waals surface area contributed by atoms with Crippen molar-refractivity contribution < 1.29 is 4.79 Å². The lowest BCUT2D eigenvalue weighted by Crippen LogP contribution is -2.32. The van der Waals surface area contributed by atoms with Crippen LogP contribution >= 0.6 is 22.6 Å². The van der Waals surface area contributed by atoms with Gasteiger partial charge in [0.25, 0.3) is 5.91 Å². The predicted molar refractivity (Wildman–Crippen MR) is 82.8 cm³/mol. The van der Waals surface area contributed by atoms with Crippen molar-refractivity contribution in [3.8, 4) is 0 Å². The lowest BCUT2D eigenvalue weighted by atomic mass is 10.0. The van der Waals surface area contributed by atoms with Gasteiger partial charge in [-0.05, 0) is 66.3 Å². The minimum Gasteiger partial charge on any atom is -0.339 e. The van der Waals surface area contributed by atoms with Crippen LogP contribution in [0.3, 0.4) is 0 Å². The Bertz CT molecular complexity index is 444. The van der Waals surface area contributed by atoms with E-state index in [0.717, 1.165) is 41.0 Å². The molecule has 2 nitrogen and oxygen atoms in total. The van der Waals surface area contributed by atoms with Gasteiger partial charge in [0.1, 0.15) is 0 Å². The smallest absolute Gasteiger partial charge is 0.254 e. The van der Waals surface area contributed by atoms with Crippen molar-refractivity contribution in [2.24, 2.45) is 5.92 Å². The minimum absolute atomic E-state index is 0.206. The third-order valence-electron chi connectivity index (χ3n) is 3.73. The maximum atomic E-state index is 12.6. The lowest BCUT2D eigenvalue weighted by molar-refractivity contribution is 0.0759. The van der Waals surface area contributed by atoms with Crippen LogP contribution in [-0.4, -0.2) is 23.9 Å². The molecule has 1 aromatic carbocycles. The number of hydrogen-bond donors (Lipinski definition) is 0. The maximum Gasteiger partial charge on any atom is 0.254 e. The Morgan fingerprint density at radius 1 is 1.33 bits per heavy atom. The molecule has 1 unspecified atom stereocenters. The van der Waals surface area contributed by atoms with Gasteiger partial charge in [0.15, 0.2) is 0 Å². The molecule has 0 N–H and O–H groups in total. The van der Waals surface area contributed by atoms with Crippen LogP contribution in [-0.2, 0) is 0 Å². The summed E-state index contributed by atoms with van der Waals surface area (Å²) in [5.74, 6) is 0.955. The Balaban J connectivity index is 2.18. The molecule has 1 heterocycles. The van der Waals surface area contributed by atoms with E-state index in [2.05, 4.69) is 42.5 Å². The van der Waals surface area contributed by atoms with Crippen LogP contribution in [0.2, 0.25) is 0 Å². The van der Waals surface area contributed by atoms with E-state index in [1.165, 1.54) is 12.0 Å². The largest absolute Gasteiger partial charge is 0.339 e. The second-order valence-electron chi connectivity index (χ2n) is 5.26. The standard InChI is InChI=1S/C15H20INO/c1-11-5-4-9-17(10-8-11)15(18)13-7-3-6-12(2)14(13)16/h3,6-7,11H,4-5,8-10H2,1-2H3. The molecule has 2 rings (SSSR count). The molecule has 0 aromatic heterocycles. The Morgan fingerprint density at radius 2 is 2.11 bits per heavy atom. The Kier molecular flexibility index (Phi) is 4.65. The molecule has 0 saturated carbocycles. The van der Waals surface area contributed by atoms with Gasteiger partial charge in [-0.25, -0.2) is 0 Å². The van der Waals surface area contributed by atoms with E-state index < -0.39 is 0 Å². The molecule has 1 atom stereocenters. The van der Waals surface area contributed by atoms with Crippen molar-refractivity contribution in [2.75, 3.05) is 13.1 Å². The quantitative estimate of drug-likeness (QED) is 0.699. The van der Waals surface area contributed by atoms with Gasteiger partial charge in [0.2, 0.25) is 0 Å². The van der Waals surface area contributed by atoms with E-state index in [1.54, 1.807) is 0 Å². The summed E-state index contributed by atoms with van der Waals surface area (Å²) in [6, 6.07) is 5.99. The molecular weight excluding hydrogens is 337 g/mol. The van der Waals surface area contributed by atoms with Gasteiger partial charge in [0.05, 0.1) is 5.56 Å². The highest BCUT2D eigenvalue weighted by Crippen LogP contribution is 2.22. The maximum absolute atomic E-state index is 12.6. The number of carbonyl (C=O) groups excluding carboxylic acids is 1. The minimum atomic E-state index is 0.206. The Morgan fingerprint density at radius 3 is 2.89 bits per heavy atom. The van der Waals surface area contributed by atoms with Crippen molar-refractivity contribution in [1.29, 1.82) is 0 Å². The van der Waals surface area contributed by atoms with E-state index in [-0.39, 0.29) is 5.91 Å². The molecule has 1 saturated heterocycles. The van der Waals surface area contributed by atoms with Gasteiger partial charge in [0, 0.05) is 16.7 Å². The van der Waals surface area contributed by atoms with Crippen LogP contribution in [0, 0.1) is 16.4 Å². The lowest BCUT2D eigenvalue weighted by Gasteiger charge is -2.21. The van der Waals surface area contributed by atoms with Gasteiger partial charge in [-0.15, -0.1) is 0 Å². The summed E-state index contributed by atoms with van der Waals surface area (Å²) in [6.45, 7) is 6.16. The van der Waals surface area contributed by atoms with Gasteiger partial charge < -0.3 is 4.90 Å². The third kappa shape index (κ3) is 3.05. The first-order valence-corrected chi connectivity index (χ1v) is 7.72. The molecule has 1 fully saturated rings. The Hall–Kier alpha value is -0.580. The van der Waals surface area contributed by atoms with Crippen LogP contribution in [0.5, 0.6) is 0 Å². The average molecular weight is 357 g/mol. The van der Waals surface area contributed by atoms with Crippen LogP contribution in [0.1, 0.15) is 42.1 Å². The first-order chi connectivity index (χ1) is 8.59. The highest BCUT2D eigenvalue weighted by molar-refractivity contribution is 14.1. The van der Waals surface area contributed by atoms with Crippen molar-refractivity contribution in [2.45, 2.75) is 33.1 Å². The summed E-state index contributed by atoms with van der Waals surface area (Å²) in [5, 5.41) is 0. The van der Waals surface area contributed by atoms with Crippen molar-refractivity contribution >= 4 is 28.5 Å². The number of hydrogen-bond acceptors (Lipinski definition) is 1. The monoisotopic (exact) mass is 357 g/mol. The number of aryl methyl sites for hydroxylation is 1. The molecule has 0 radical (unpaired) electrons. The normalized spacial score (nSPS) is 20.6. The number of benzene rings is 1. The first kappa shape index (κ1) is 13.8. The number of likely N-dealkylation sites (tertiary alicyclic amines) is 1. The second-order valence-corrected chi connectivity index (χ2v) is 6.34. The molecule has 98 valence electrons. The van der Waals surface area contributed by atoms with Gasteiger partial charge >= 0.3 is 0 Å². The van der Waals surface area contributed by atoms with Crippen LogP contribution < -0.4 is 0 Å². The van der Waals surface area contributed by atoms with Crippen molar-refractivity contribution in [1.82, 2.24) is 4.90 Å². The molecule has 3 heteroatoms. The number of nitrogens with zero attached hydrogens (tertiary/aromatic N) is 1. The van der Waals surface area contributed by atoms with Crippen molar-refractivity contribution in [3.63, 3.8) is 0 Å². The van der Waals surface area contributed by atoms with Crippen LogP contribution in [0.25, 0.3) is 0 Å². The summed E-state index contributed by atoms with van der Waals surface area (Å²) >= 11 is 2.28. The third-order valence-corrected chi connectivity index (χ3v) is 5.16. The first-order valence-electron chi connectivity index (χ1n) is 6.64. The number of rotatable bonds is 1. The number of amides is 1. The summed E-state index contributed by atoms with van der Waals surface area (Å²) in [4.78, 5) is 14.6. The fraction of sp³-hybridized carbons (Fsp3) is 0.533. The van der Waals surface area contributed by atoms with Crippen LogP contribution in [0.4, 0.5) is 0 Å². The zero-order valence-electron chi connectivity index (χ0n) is 11.1. The fourth-order valence-electron chi connectivity index (χ4n) is 2.45. The molecular formula is C15H20INO. The Labute approximate surface area is 123 Å². The number of carbonyl (C=O) groups is 1. The second kappa shape index (κ2) is 6.04. The van der Waals surface area contributed by atoms with E-state index in [0.29, 0.717) is 0 Å². The fourth-order valence-corrected chi connectivity index (χ4v) is 3.04. The average Bonchev–Trinajstić information content (AvgIpc) is 2.57. The van der Waals surface area contributed by atoms with E-state index in [9.17, 15) is 4.79 Å². The zero-order valence-corrected chi connectivity index (χ0v) is 13.2. The molecule has 1 amide bonds. The topological polar surface area (TPSA) is 20.3 Å². The van der Waals surface area contributed by atoms with Gasteiger partial charge in [-0.3, -0.25) is 4.79 Å². The SMILES string of the molecule is Cc1cccc(C(=O)N2CCCC(C)CC2)c1I. The molecule has 18 heavy (non-hydrogen) atoms. The summed E-state index contributed by atoms with van der Waals surface area (Å²) in [5.41, 5.74) is 2.05. The molecule has 0 aliphatic carbocycles. The van der Waals surface area contributed by atoms with E-state index in [4.69, 9.17) is 0 Å².